The zero-order valence-electron chi connectivity index (χ0n) is 15.5. The minimum atomic E-state index is -0.0696. The van der Waals surface area contributed by atoms with Gasteiger partial charge in [0.25, 0.3) is 0 Å². The van der Waals surface area contributed by atoms with Gasteiger partial charge in [0.1, 0.15) is 5.82 Å². The molecule has 0 amide bonds. The van der Waals surface area contributed by atoms with Crippen LogP contribution in [0.25, 0.3) is 0 Å². The molecule has 0 spiro atoms. The highest BCUT2D eigenvalue weighted by molar-refractivity contribution is 6.35. The molecule has 7 heteroatoms. The van der Waals surface area contributed by atoms with Crippen molar-refractivity contribution in [2.45, 2.75) is 38.8 Å². The summed E-state index contributed by atoms with van der Waals surface area (Å²) in [4.78, 5) is 11.3. The second-order valence-corrected chi connectivity index (χ2v) is 7.65. The number of nitrogens with one attached hydrogen (secondary N) is 1. The number of nitrogens with two attached hydrogens (primary N) is 1. The van der Waals surface area contributed by atoms with Crippen LogP contribution in [0.2, 0.25) is 10.0 Å². The molecule has 1 unspecified atom stereocenters. The van der Waals surface area contributed by atoms with E-state index in [2.05, 4.69) is 26.3 Å². The summed E-state index contributed by atoms with van der Waals surface area (Å²) in [6.45, 7) is 4.63. The van der Waals surface area contributed by atoms with E-state index in [0.29, 0.717) is 22.5 Å². The number of piperidine rings is 1. The molecule has 5 nitrogen and oxygen atoms in total. The lowest BCUT2D eigenvalue weighted by atomic mass is 10.1. The van der Waals surface area contributed by atoms with Crippen LogP contribution in [0.15, 0.2) is 41.5 Å². The van der Waals surface area contributed by atoms with E-state index in [-0.39, 0.29) is 6.04 Å². The zero-order valence-corrected chi connectivity index (χ0v) is 17.0. The third-order valence-corrected chi connectivity index (χ3v) is 5.28. The fraction of sp³-hybridized carbons (Fsp3) is 0.400. The molecule has 1 fully saturated rings. The standard InChI is InChI=1S/C20H25Cl2N5/c1-14(17-6-5-16(21)12-18(17)22)26-20(23)25-13-15-7-8-24-19(11-15)27-9-3-2-4-10-27/h5-8,11-12,14H,2-4,9-10,13H2,1H3,(H3,23,25,26). The van der Waals surface area contributed by atoms with Gasteiger partial charge in [-0.15, -0.1) is 0 Å². The lowest BCUT2D eigenvalue weighted by molar-refractivity contribution is 0.573. The first kappa shape index (κ1) is 19.8. The molecule has 1 aliphatic rings. The van der Waals surface area contributed by atoms with Gasteiger partial charge >= 0.3 is 0 Å². The molecule has 1 atom stereocenters. The van der Waals surface area contributed by atoms with Crippen molar-refractivity contribution in [3.05, 3.63) is 57.7 Å². The Morgan fingerprint density at radius 2 is 2.00 bits per heavy atom. The molecule has 1 aromatic heterocycles. The average molecular weight is 406 g/mol. The maximum atomic E-state index is 6.26. The summed E-state index contributed by atoms with van der Waals surface area (Å²) in [5.74, 6) is 1.40. The minimum absolute atomic E-state index is 0.0696. The molecule has 144 valence electrons. The van der Waals surface area contributed by atoms with Crippen LogP contribution in [0.1, 0.15) is 43.4 Å². The topological polar surface area (TPSA) is 66.5 Å². The van der Waals surface area contributed by atoms with E-state index in [9.17, 15) is 0 Å². The lowest BCUT2D eigenvalue weighted by Gasteiger charge is -2.27. The number of rotatable bonds is 5. The first-order chi connectivity index (χ1) is 13.0. The van der Waals surface area contributed by atoms with Crippen molar-refractivity contribution >= 4 is 35.0 Å². The lowest BCUT2D eigenvalue weighted by Crippen LogP contribution is -2.34. The first-order valence-corrected chi connectivity index (χ1v) is 10.00. The fourth-order valence-corrected chi connectivity index (χ4v) is 3.80. The Hall–Kier alpha value is -1.98. The molecule has 0 aliphatic carbocycles. The Bertz CT molecular complexity index is 803. The third-order valence-electron chi connectivity index (χ3n) is 4.72. The van der Waals surface area contributed by atoms with Crippen LogP contribution in [0.4, 0.5) is 5.82 Å². The van der Waals surface area contributed by atoms with Gasteiger partial charge in [-0.05, 0) is 61.6 Å². The molecule has 3 rings (SSSR count). The van der Waals surface area contributed by atoms with Crippen LogP contribution >= 0.6 is 23.2 Å². The number of anilines is 1. The Kier molecular flexibility index (Phi) is 6.80. The van der Waals surface area contributed by atoms with Crippen LogP contribution in [0, 0.1) is 0 Å². The average Bonchev–Trinajstić information content (AvgIpc) is 2.67. The molecule has 1 aromatic carbocycles. The highest BCUT2D eigenvalue weighted by Crippen LogP contribution is 2.26. The Labute approximate surface area is 170 Å². The quantitative estimate of drug-likeness (QED) is 0.565. The van der Waals surface area contributed by atoms with Gasteiger partial charge in [0.15, 0.2) is 5.96 Å². The minimum Gasteiger partial charge on any atom is -0.370 e. The van der Waals surface area contributed by atoms with Crippen molar-refractivity contribution in [2.75, 3.05) is 18.0 Å². The number of aromatic nitrogens is 1. The van der Waals surface area contributed by atoms with E-state index in [1.54, 1.807) is 6.07 Å². The molecule has 1 aliphatic heterocycles. The molecule has 2 heterocycles. The molecular weight excluding hydrogens is 381 g/mol. The highest BCUT2D eigenvalue weighted by Gasteiger charge is 2.13. The molecule has 27 heavy (non-hydrogen) atoms. The molecule has 0 bridgehead atoms. The third kappa shape index (κ3) is 5.50. The fourth-order valence-electron chi connectivity index (χ4n) is 3.23. The Morgan fingerprint density at radius 3 is 2.74 bits per heavy atom. The second-order valence-electron chi connectivity index (χ2n) is 6.80. The summed E-state index contributed by atoms with van der Waals surface area (Å²) in [6, 6.07) is 9.44. The van der Waals surface area contributed by atoms with Gasteiger partial charge in [-0.2, -0.15) is 0 Å². The van der Waals surface area contributed by atoms with E-state index in [1.165, 1.54) is 19.3 Å². The molecule has 1 saturated heterocycles. The molecule has 2 aromatic rings. The zero-order chi connectivity index (χ0) is 19.2. The summed E-state index contributed by atoms with van der Waals surface area (Å²) in [7, 11) is 0. The van der Waals surface area contributed by atoms with Gasteiger partial charge in [0, 0.05) is 29.3 Å². The van der Waals surface area contributed by atoms with Crippen LogP contribution in [0.5, 0.6) is 0 Å². The summed E-state index contributed by atoms with van der Waals surface area (Å²) in [6.07, 6.45) is 5.60. The summed E-state index contributed by atoms with van der Waals surface area (Å²) in [5, 5.41) is 4.40. The summed E-state index contributed by atoms with van der Waals surface area (Å²) in [5.41, 5.74) is 8.08. The number of benzene rings is 1. The van der Waals surface area contributed by atoms with Crippen molar-refractivity contribution in [1.82, 2.24) is 10.3 Å². The maximum absolute atomic E-state index is 6.26. The van der Waals surface area contributed by atoms with E-state index >= 15 is 0 Å². The van der Waals surface area contributed by atoms with E-state index < -0.39 is 0 Å². The number of hydrogen-bond donors (Lipinski definition) is 2. The number of nitrogens with zero attached hydrogens (tertiary/aromatic N) is 3. The van der Waals surface area contributed by atoms with Crippen molar-refractivity contribution in [3.63, 3.8) is 0 Å². The van der Waals surface area contributed by atoms with Gasteiger partial charge in [0.05, 0.1) is 12.6 Å². The predicted molar refractivity (Wildman–Crippen MR) is 114 cm³/mol. The van der Waals surface area contributed by atoms with Crippen LogP contribution in [-0.2, 0) is 6.54 Å². The summed E-state index contributed by atoms with van der Waals surface area (Å²) < 4.78 is 0. The number of pyridine rings is 1. The maximum Gasteiger partial charge on any atom is 0.189 e. The number of guanidine groups is 1. The predicted octanol–water partition coefficient (Wildman–Crippen LogP) is 4.54. The van der Waals surface area contributed by atoms with Gasteiger partial charge in [-0.3, -0.25) is 0 Å². The van der Waals surface area contributed by atoms with Gasteiger partial charge in [-0.1, -0.05) is 29.3 Å². The number of aliphatic imine (C=N–C) groups is 1. The van der Waals surface area contributed by atoms with E-state index in [0.717, 1.165) is 30.0 Å². The van der Waals surface area contributed by atoms with Crippen molar-refractivity contribution in [3.8, 4) is 0 Å². The first-order valence-electron chi connectivity index (χ1n) is 9.24. The summed E-state index contributed by atoms with van der Waals surface area (Å²) >= 11 is 12.2. The monoisotopic (exact) mass is 405 g/mol. The SMILES string of the molecule is CC(NC(N)=NCc1ccnc(N2CCCCC2)c1)c1ccc(Cl)cc1Cl. The van der Waals surface area contributed by atoms with E-state index in [4.69, 9.17) is 28.9 Å². The largest absolute Gasteiger partial charge is 0.370 e. The molecule has 0 saturated carbocycles. The van der Waals surface area contributed by atoms with Crippen molar-refractivity contribution in [1.29, 1.82) is 0 Å². The number of hydrogen-bond acceptors (Lipinski definition) is 3. The normalized spacial score (nSPS) is 16.3. The second kappa shape index (κ2) is 9.29. The highest BCUT2D eigenvalue weighted by atomic mass is 35.5. The molecule has 0 radical (unpaired) electrons. The Balaban J connectivity index is 1.61. The van der Waals surface area contributed by atoms with E-state index in [1.807, 2.05) is 31.3 Å². The van der Waals surface area contributed by atoms with Gasteiger partial charge < -0.3 is 16.0 Å². The smallest absolute Gasteiger partial charge is 0.189 e. The van der Waals surface area contributed by atoms with Crippen LogP contribution in [0.3, 0.4) is 0 Å². The Morgan fingerprint density at radius 1 is 1.22 bits per heavy atom. The molecular formula is C20H25Cl2N5. The van der Waals surface area contributed by atoms with Crippen LogP contribution in [-0.4, -0.2) is 24.0 Å². The van der Waals surface area contributed by atoms with Gasteiger partial charge in [0.2, 0.25) is 0 Å². The number of halogens is 2. The van der Waals surface area contributed by atoms with Crippen molar-refractivity contribution < 1.29 is 0 Å². The van der Waals surface area contributed by atoms with Gasteiger partial charge in [-0.25, -0.2) is 9.98 Å². The van der Waals surface area contributed by atoms with Crippen molar-refractivity contribution in [2.24, 2.45) is 10.7 Å². The van der Waals surface area contributed by atoms with Crippen LogP contribution < -0.4 is 16.0 Å². The molecule has 3 N–H and O–H groups in total.